The second kappa shape index (κ2) is 9.26. The van der Waals surface area contributed by atoms with E-state index in [9.17, 15) is 30.8 Å². The molecule has 0 saturated heterocycles. The summed E-state index contributed by atoms with van der Waals surface area (Å²) in [4.78, 5) is 19.4. The molecule has 4 rings (SSSR count). The van der Waals surface area contributed by atoms with Gasteiger partial charge in [-0.2, -0.15) is 18.2 Å². The zero-order chi connectivity index (χ0) is 26.3. The van der Waals surface area contributed by atoms with Crippen LogP contribution in [-0.4, -0.2) is 37.6 Å². The minimum absolute atomic E-state index is 0.0861. The van der Waals surface area contributed by atoms with Gasteiger partial charge in [0.15, 0.2) is 0 Å². The summed E-state index contributed by atoms with van der Waals surface area (Å²) in [5.41, 5.74) is 0.591. The van der Waals surface area contributed by atoms with Gasteiger partial charge in [-0.1, -0.05) is 12.1 Å². The highest BCUT2D eigenvalue weighted by molar-refractivity contribution is 7.92. The lowest BCUT2D eigenvalue weighted by atomic mass is 10.1. The highest BCUT2D eigenvalue weighted by atomic mass is 32.2. The van der Waals surface area contributed by atoms with E-state index >= 15 is 0 Å². The predicted octanol–water partition coefficient (Wildman–Crippen LogP) is 3.88. The molecule has 0 unspecified atom stereocenters. The van der Waals surface area contributed by atoms with Gasteiger partial charge in [-0.15, -0.1) is 0 Å². The fourth-order valence-corrected chi connectivity index (χ4v) is 4.16. The van der Waals surface area contributed by atoms with Crippen LogP contribution in [0.1, 0.15) is 16.7 Å². The molecule has 36 heavy (non-hydrogen) atoms. The van der Waals surface area contributed by atoms with Crippen molar-refractivity contribution in [3.63, 3.8) is 0 Å². The van der Waals surface area contributed by atoms with E-state index in [1.54, 1.807) is 18.2 Å². The predicted molar refractivity (Wildman–Crippen MR) is 126 cm³/mol. The molecule has 2 heterocycles. The van der Waals surface area contributed by atoms with Crippen molar-refractivity contribution in [2.45, 2.75) is 19.1 Å². The van der Waals surface area contributed by atoms with Crippen molar-refractivity contribution in [2.24, 2.45) is 0 Å². The largest absolute Gasteiger partial charge is 0.421 e. The number of aromatic nitrogens is 2. The maximum absolute atomic E-state index is 13.9. The van der Waals surface area contributed by atoms with Crippen molar-refractivity contribution in [1.29, 1.82) is 0 Å². The summed E-state index contributed by atoms with van der Waals surface area (Å²) < 4.78 is 79.7. The number of halogens is 4. The number of para-hydroxylation sites is 1. The van der Waals surface area contributed by atoms with Gasteiger partial charge < -0.3 is 16.0 Å². The van der Waals surface area contributed by atoms with Crippen LogP contribution in [0, 0.1) is 5.82 Å². The highest BCUT2D eigenvalue weighted by Crippen LogP contribution is 2.36. The number of hydrogen-bond donors (Lipinski definition) is 3. The maximum Gasteiger partial charge on any atom is 0.421 e. The molecule has 0 fully saturated rings. The second-order valence-corrected chi connectivity index (χ2v) is 10.0. The third kappa shape index (κ3) is 5.32. The number of amides is 1. The normalized spacial score (nSPS) is 13.2. The molecular formula is C22H20F4N6O3S. The molecule has 2 aromatic carbocycles. The number of nitrogens with one attached hydrogen (secondary N) is 3. The molecule has 1 aliphatic rings. The van der Waals surface area contributed by atoms with E-state index in [-0.39, 0.29) is 36.1 Å². The van der Waals surface area contributed by atoms with Crippen LogP contribution in [0.5, 0.6) is 0 Å². The van der Waals surface area contributed by atoms with Gasteiger partial charge in [0.1, 0.15) is 17.2 Å². The smallest absolute Gasteiger partial charge is 0.365 e. The highest BCUT2D eigenvalue weighted by Gasteiger charge is 2.35. The summed E-state index contributed by atoms with van der Waals surface area (Å²) in [5, 5.41) is 8.01. The number of rotatable bonds is 7. The number of anilines is 5. The Morgan fingerprint density at radius 2 is 1.94 bits per heavy atom. The summed E-state index contributed by atoms with van der Waals surface area (Å²) in [6, 6.07) is 8.31. The van der Waals surface area contributed by atoms with Crippen LogP contribution < -0.4 is 20.3 Å². The van der Waals surface area contributed by atoms with Crippen LogP contribution in [0.15, 0.2) is 42.6 Å². The van der Waals surface area contributed by atoms with Crippen molar-refractivity contribution in [1.82, 2.24) is 9.97 Å². The van der Waals surface area contributed by atoms with Crippen molar-refractivity contribution in [3.05, 3.63) is 65.1 Å². The van der Waals surface area contributed by atoms with Gasteiger partial charge in [0.05, 0.1) is 29.7 Å². The Hall–Kier alpha value is -3.94. The van der Waals surface area contributed by atoms with Crippen LogP contribution in [0.4, 0.5) is 46.4 Å². The Kier molecular flexibility index (Phi) is 6.47. The molecule has 9 nitrogen and oxygen atoms in total. The Balaban J connectivity index is 1.66. The molecule has 0 radical (unpaired) electrons. The first-order chi connectivity index (χ1) is 16.8. The van der Waals surface area contributed by atoms with Crippen molar-refractivity contribution in [3.8, 4) is 0 Å². The third-order valence-electron chi connectivity index (χ3n) is 5.43. The molecule has 1 aromatic heterocycles. The van der Waals surface area contributed by atoms with E-state index in [4.69, 9.17) is 0 Å². The standard InChI is InChI=1S/C22H20F4N6O3S/c1-32(36(2,34)35)17-7-6-14(23)8-13(17)10-27-20-15(22(24,25)26)11-28-21(31-20)29-16-5-3-4-12-9-18(33)30-19(12)16/h3-8,11H,9-10H2,1-2H3,(H,30,33)(H2,27,28,29,31). The summed E-state index contributed by atoms with van der Waals surface area (Å²) >= 11 is 0. The van der Waals surface area contributed by atoms with E-state index < -0.39 is 33.4 Å². The Morgan fingerprint density at radius 1 is 1.19 bits per heavy atom. The zero-order valence-electron chi connectivity index (χ0n) is 18.9. The van der Waals surface area contributed by atoms with Crippen LogP contribution in [0.3, 0.4) is 0 Å². The fourth-order valence-electron chi connectivity index (χ4n) is 3.62. The van der Waals surface area contributed by atoms with E-state index in [2.05, 4.69) is 25.9 Å². The first-order valence-electron chi connectivity index (χ1n) is 10.4. The molecule has 1 amide bonds. The lowest BCUT2D eigenvalue weighted by molar-refractivity contribution is -0.137. The molecule has 1 aliphatic heterocycles. The quantitative estimate of drug-likeness (QED) is 0.402. The fraction of sp³-hybridized carbons (Fsp3) is 0.227. The number of sulfonamides is 1. The lowest BCUT2D eigenvalue weighted by Crippen LogP contribution is -2.26. The number of carbonyl (C=O) groups excluding carboxylic acids is 1. The van der Waals surface area contributed by atoms with E-state index in [0.29, 0.717) is 23.1 Å². The van der Waals surface area contributed by atoms with Crippen molar-refractivity contribution < 1.29 is 30.8 Å². The summed E-state index contributed by atoms with van der Waals surface area (Å²) in [5.74, 6) is -1.71. The first kappa shape index (κ1) is 25.2. The van der Waals surface area contributed by atoms with E-state index in [1.807, 2.05) is 0 Å². The van der Waals surface area contributed by atoms with Crippen LogP contribution >= 0.6 is 0 Å². The van der Waals surface area contributed by atoms with Gasteiger partial charge >= 0.3 is 6.18 Å². The van der Waals surface area contributed by atoms with Gasteiger partial charge in [0.2, 0.25) is 21.9 Å². The van der Waals surface area contributed by atoms with Crippen LogP contribution in [0.2, 0.25) is 0 Å². The number of benzene rings is 2. The molecule has 0 bridgehead atoms. The molecule has 0 aliphatic carbocycles. The molecule has 190 valence electrons. The van der Waals surface area contributed by atoms with Gasteiger partial charge in [-0.3, -0.25) is 9.10 Å². The van der Waals surface area contributed by atoms with Crippen molar-refractivity contribution in [2.75, 3.05) is 33.6 Å². The number of nitrogens with zero attached hydrogens (tertiary/aromatic N) is 3. The van der Waals surface area contributed by atoms with Gasteiger partial charge in [0.25, 0.3) is 0 Å². The Bertz CT molecular complexity index is 1450. The number of alkyl halides is 3. The lowest BCUT2D eigenvalue weighted by Gasteiger charge is -2.21. The topological polar surface area (TPSA) is 116 Å². The third-order valence-corrected chi connectivity index (χ3v) is 6.62. The van der Waals surface area contributed by atoms with Crippen LogP contribution in [0.25, 0.3) is 0 Å². The summed E-state index contributed by atoms with van der Waals surface area (Å²) in [6.45, 7) is -0.372. The van der Waals surface area contributed by atoms with E-state index in [1.165, 1.54) is 13.1 Å². The van der Waals surface area contributed by atoms with Gasteiger partial charge in [-0.05, 0) is 35.4 Å². The number of carbonyl (C=O) groups is 1. The van der Waals surface area contributed by atoms with E-state index in [0.717, 1.165) is 22.7 Å². The first-order valence-corrected chi connectivity index (χ1v) is 12.3. The second-order valence-electron chi connectivity index (χ2n) is 8.00. The molecule has 14 heteroatoms. The monoisotopic (exact) mass is 524 g/mol. The zero-order valence-corrected chi connectivity index (χ0v) is 19.8. The summed E-state index contributed by atoms with van der Waals surface area (Å²) in [7, 11) is -2.47. The average molecular weight is 525 g/mol. The minimum atomic E-state index is -4.81. The average Bonchev–Trinajstić information content (AvgIpc) is 3.17. The van der Waals surface area contributed by atoms with Gasteiger partial charge in [0, 0.05) is 19.8 Å². The minimum Gasteiger partial charge on any atom is -0.365 e. The van der Waals surface area contributed by atoms with Gasteiger partial charge in [-0.25, -0.2) is 17.8 Å². The number of hydrogen-bond acceptors (Lipinski definition) is 7. The number of fused-ring (bicyclic) bond motifs is 1. The summed E-state index contributed by atoms with van der Waals surface area (Å²) in [6.07, 6.45) is -3.10. The molecule has 0 atom stereocenters. The molecule has 3 N–H and O–H groups in total. The molecule has 3 aromatic rings. The Morgan fingerprint density at radius 3 is 2.64 bits per heavy atom. The maximum atomic E-state index is 13.9. The molecule has 0 saturated carbocycles. The molecule has 0 spiro atoms. The van der Waals surface area contributed by atoms with Crippen LogP contribution in [-0.2, 0) is 34.0 Å². The Labute approximate surface area is 203 Å². The molecular weight excluding hydrogens is 504 g/mol. The SMILES string of the molecule is CN(c1ccc(F)cc1CNc1nc(Nc2cccc3c2NC(=O)C3)ncc1C(F)(F)F)S(C)(=O)=O. The van der Waals surface area contributed by atoms with Crippen molar-refractivity contribution >= 4 is 44.8 Å².